The highest BCUT2D eigenvalue weighted by molar-refractivity contribution is 7.80. The van der Waals surface area contributed by atoms with Gasteiger partial charge in [0.05, 0.1) is 12.7 Å². The van der Waals surface area contributed by atoms with E-state index in [2.05, 4.69) is 15.1 Å². The third kappa shape index (κ3) is 5.32. The zero-order chi connectivity index (χ0) is 22.5. The fourth-order valence-electron chi connectivity index (χ4n) is 3.67. The molecule has 166 valence electrons. The maximum atomic E-state index is 13.4. The van der Waals surface area contributed by atoms with Crippen molar-refractivity contribution in [3.63, 3.8) is 0 Å². The number of benzene rings is 2. The maximum absolute atomic E-state index is 13.4. The van der Waals surface area contributed by atoms with Crippen molar-refractivity contribution in [3.05, 3.63) is 77.6 Å². The molecule has 8 heteroatoms. The first kappa shape index (κ1) is 22.4. The molecule has 0 spiro atoms. The van der Waals surface area contributed by atoms with E-state index in [4.69, 9.17) is 17.0 Å². The number of esters is 1. The van der Waals surface area contributed by atoms with Crippen LogP contribution in [0.4, 0.5) is 9.39 Å². The van der Waals surface area contributed by atoms with E-state index >= 15 is 0 Å². The Kier molecular flexibility index (Phi) is 7.14. The van der Waals surface area contributed by atoms with E-state index in [9.17, 15) is 9.18 Å². The monoisotopic (exact) mass is 469 g/mol. The Balaban J connectivity index is 1.40. The first-order chi connectivity index (χ1) is 15.5. The van der Waals surface area contributed by atoms with Crippen molar-refractivity contribution < 1.29 is 13.9 Å². The van der Waals surface area contributed by atoms with Crippen LogP contribution in [-0.4, -0.2) is 54.2 Å². The predicted octanol–water partition coefficient (Wildman–Crippen LogP) is 4.86. The van der Waals surface area contributed by atoms with Crippen LogP contribution < -0.4 is 5.32 Å². The van der Waals surface area contributed by atoms with Crippen LogP contribution in [0.15, 0.2) is 60.7 Å². The Morgan fingerprint density at radius 3 is 2.53 bits per heavy atom. The number of methoxy groups -OCH3 is 1. The van der Waals surface area contributed by atoms with E-state index in [0.29, 0.717) is 22.2 Å². The highest BCUT2D eigenvalue weighted by Crippen LogP contribution is 2.36. The number of thiocarbonyl (C=S) groups is 1. The van der Waals surface area contributed by atoms with Crippen molar-refractivity contribution in [1.82, 2.24) is 9.80 Å². The van der Waals surface area contributed by atoms with E-state index < -0.39 is 5.97 Å². The summed E-state index contributed by atoms with van der Waals surface area (Å²) in [6.07, 6.45) is 0. The minimum atomic E-state index is -0.395. The Morgan fingerprint density at radius 2 is 1.84 bits per heavy atom. The van der Waals surface area contributed by atoms with Gasteiger partial charge in [-0.1, -0.05) is 42.5 Å². The van der Waals surface area contributed by atoms with Crippen molar-refractivity contribution in [1.29, 1.82) is 0 Å². The summed E-state index contributed by atoms with van der Waals surface area (Å²) in [5.41, 5.74) is 2.48. The summed E-state index contributed by atoms with van der Waals surface area (Å²) < 4.78 is 18.4. The summed E-state index contributed by atoms with van der Waals surface area (Å²) in [6.45, 7) is 3.87. The number of hydrogen-bond donors (Lipinski definition) is 1. The average molecular weight is 470 g/mol. The molecule has 1 aliphatic rings. The van der Waals surface area contributed by atoms with Gasteiger partial charge in [0.1, 0.15) is 10.8 Å². The van der Waals surface area contributed by atoms with Crippen LogP contribution in [0.2, 0.25) is 0 Å². The minimum absolute atomic E-state index is 0.209. The number of carbonyl (C=O) groups excluding carboxylic acids is 1. The number of ether oxygens (including phenoxy) is 1. The number of nitrogens with zero attached hydrogens (tertiary/aromatic N) is 2. The zero-order valence-corrected chi connectivity index (χ0v) is 19.3. The molecule has 32 heavy (non-hydrogen) atoms. The van der Waals surface area contributed by atoms with Crippen molar-refractivity contribution >= 4 is 39.6 Å². The summed E-state index contributed by atoms with van der Waals surface area (Å²) >= 11 is 7.13. The molecule has 2 heterocycles. The highest BCUT2D eigenvalue weighted by atomic mass is 32.1. The van der Waals surface area contributed by atoms with Gasteiger partial charge in [-0.15, -0.1) is 11.3 Å². The van der Waals surface area contributed by atoms with Gasteiger partial charge in [-0.2, -0.15) is 0 Å². The van der Waals surface area contributed by atoms with Crippen LogP contribution in [0.1, 0.15) is 15.9 Å². The summed E-state index contributed by atoms with van der Waals surface area (Å²) in [5.74, 6) is -0.604. The first-order valence-corrected chi connectivity index (χ1v) is 11.6. The second-order valence-electron chi connectivity index (χ2n) is 7.53. The van der Waals surface area contributed by atoms with Crippen molar-refractivity contribution in [2.24, 2.45) is 0 Å². The predicted molar refractivity (Wildman–Crippen MR) is 131 cm³/mol. The minimum Gasteiger partial charge on any atom is -0.465 e. The van der Waals surface area contributed by atoms with E-state index in [1.54, 1.807) is 12.1 Å². The van der Waals surface area contributed by atoms with Gasteiger partial charge in [0, 0.05) is 37.6 Å². The summed E-state index contributed by atoms with van der Waals surface area (Å²) in [5, 5.41) is 4.53. The lowest BCUT2D eigenvalue weighted by Crippen LogP contribution is -2.49. The van der Waals surface area contributed by atoms with E-state index in [1.165, 1.54) is 24.5 Å². The third-order valence-electron chi connectivity index (χ3n) is 5.37. The van der Waals surface area contributed by atoms with Crippen LogP contribution in [0.25, 0.3) is 10.4 Å². The fourth-order valence-corrected chi connectivity index (χ4v) is 5.07. The number of rotatable bonds is 5. The molecular weight excluding hydrogens is 445 g/mol. The molecule has 0 radical (unpaired) electrons. The molecular formula is C24H24FN3O2S2. The van der Waals surface area contributed by atoms with E-state index in [0.717, 1.165) is 42.2 Å². The van der Waals surface area contributed by atoms with Crippen LogP contribution in [0.5, 0.6) is 0 Å². The molecule has 1 aromatic heterocycles. The average Bonchev–Trinajstić information content (AvgIpc) is 3.23. The molecule has 0 saturated carbocycles. The summed E-state index contributed by atoms with van der Waals surface area (Å²) in [4.78, 5) is 17.7. The molecule has 0 aliphatic carbocycles. The molecule has 1 fully saturated rings. The highest BCUT2D eigenvalue weighted by Gasteiger charge is 2.23. The molecule has 1 N–H and O–H groups in total. The largest absolute Gasteiger partial charge is 0.465 e. The molecule has 1 aliphatic heterocycles. The lowest BCUT2D eigenvalue weighted by atomic mass is 10.1. The SMILES string of the molecule is COC(=O)c1cc(-c2ccccc2)sc1NC(=S)N1CCN(Cc2cccc(F)c2)CC1. The van der Waals surface area contributed by atoms with Gasteiger partial charge in [-0.05, 0) is 41.5 Å². The van der Waals surface area contributed by atoms with Crippen LogP contribution >= 0.6 is 23.6 Å². The second kappa shape index (κ2) is 10.2. The molecule has 1 saturated heterocycles. The lowest BCUT2D eigenvalue weighted by Gasteiger charge is -2.36. The first-order valence-electron chi connectivity index (χ1n) is 10.3. The maximum Gasteiger partial charge on any atom is 0.340 e. The van der Waals surface area contributed by atoms with Gasteiger partial charge < -0.3 is 15.0 Å². The van der Waals surface area contributed by atoms with Crippen molar-refractivity contribution in [2.45, 2.75) is 6.54 Å². The number of halogens is 1. The molecule has 2 aromatic carbocycles. The zero-order valence-electron chi connectivity index (χ0n) is 17.7. The molecule has 5 nitrogen and oxygen atoms in total. The lowest BCUT2D eigenvalue weighted by molar-refractivity contribution is 0.0602. The van der Waals surface area contributed by atoms with Gasteiger partial charge in [-0.3, -0.25) is 4.90 Å². The number of anilines is 1. The molecule has 0 bridgehead atoms. The normalized spacial score (nSPS) is 14.2. The molecule has 0 unspecified atom stereocenters. The quantitative estimate of drug-likeness (QED) is 0.426. The number of nitrogens with one attached hydrogen (secondary N) is 1. The molecule has 4 rings (SSSR count). The summed E-state index contributed by atoms with van der Waals surface area (Å²) in [7, 11) is 1.38. The van der Waals surface area contributed by atoms with Gasteiger partial charge >= 0.3 is 5.97 Å². The van der Waals surface area contributed by atoms with Crippen molar-refractivity contribution in [3.8, 4) is 10.4 Å². The van der Waals surface area contributed by atoms with E-state index in [1.807, 2.05) is 42.5 Å². The topological polar surface area (TPSA) is 44.8 Å². The van der Waals surface area contributed by atoms with Gasteiger partial charge in [0.2, 0.25) is 0 Å². The van der Waals surface area contributed by atoms with Crippen LogP contribution in [-0.2, 0) is 11.3 Å². The summed E-state index contributed by atoms with van der Waals surface area (Å²) in [6, 6.07) is 18.5. The van der Waals surface area contributed by atoms with Crippen LogP contribution in [0, 0.1) is 5.82 Å². The van der Waals surface area contributed by atoms with Crippen molar-refractivity contribution in [2.75, 3.05) is 38.6 Å². The third-order valence-corrected chi connectivity index (χ3v) is 6.83. The van der Waals surface area contributed by atoms with Crippen LogP contribution in [0.3, 0.4) is 0 Å². The smallest absolute Gasteiger partial charge is 0.340 e. The van der Waals surface area contributed by atoms with Gasteiger partial charge in [0.15, 0.2) is 5.11 Å². The number of hydrogen-bond acceptors (Lipinski definition) is 5. The van der Waals surface area contributed by atoms with E-state index in [-0.39, 0.29) is 5.82 Å². The molecule has 3 aromatic rings. The Morgan fingerprint density at radius 1 is 1.09 bits per heavy atom. The Bertz CT molecular complexity index is 1100. The Labute approximate surface area is 196 Å². The second-order valence-corrected chi connectivity index (χ2v) is 8.97. The fraction of sp³-hybridized carbons (Fsp3) is 0.250. The number of thiophene rings is 1. The van der Waals surface area contributed by atoms with Gasteiger partial charge in [-0.25, -0.2) is 9.18 Å². The number of carbonyl (C=O) groups is 1. The number of piperazine rings is 1. The Hall–Kier alpha value is -2.81. The standard InChI is InChI=1S/C24H24FN3O2S2/c1-30-23(29)20-15-21(18-7-3-2-4-8-18)32-22(20)26-24(31)28-12-10-27(11-13-28)16-17-6-5-9-19(25)14-17/h2-9,14-15H,10-13,16H2,1H3,(H,26,31). The molecule has 0 amide bonds. The van der Waals surface area contributed by atoms with Gasteiger partial charge in [0.25, 0.3) is 0 Å². The molecule has 0 atom stereocenters.